The van der Waals surface area contributed by atoms with Crippen molar-refractivity contribution in [2.75, 3.05) is 18.9 Å². The zero-order valence-corrected chi connectivity index (χ0v) is 18.8. The third kappa shape index (κ3) is 5.01. The first-order valence-electron chi connectivity index (χ1n) is 10.4. The van der Waals surface area contributed by atoms with Crippen molar-refractivity contribution in [2.45, 2.75) is 25.5 Å². The van der Waals surface area contributed by atoms with Gasteiger partial charge in [-0.25, -0.2) is 18.0 Å². The van der Waals surface area contributed by atoms with Crippen LogP contribution in [-0.2, 0) is 11.3 Å². The minimum absolute atomic E-state index is 0.0730. The molecule has 1 aliphatic rings. The van der Waals surface area contributed by atoms with Crippen LogP contribution in [0.2, 0.25) is 5.02 Å². The standard InChI is InChI=1S/C23H20ClF3N4O3/c1-30(8-2-3-19-20-18(29-23(33)34-19)7-5-15(24)21(20)27)22(32)14-10-28-31(12-14)11-13-4-6-16(25)17(26)9-13/h4-7,9-10,12,19H,2-3,8,11H2,1H3,(H,29,33). The van der Waals surface area contributed by atoms with Gasteiger partial charge in [-0.2, -0.15) is 5.10 Å². The fraction of sp³-hybridized carbons (Fsp3) is 0.261. The number of amides is 2. The van der Waals surface area contributed by atoms with Crippen molar-refractivity contribution in [3.05, 3.63) is 81.9 Å². The molecular weight excluding hydrogens is 473 g/mol. The molecule has 1 unspecified atom stereocenters. The average Bonchev–Trinajstić information content (AvgIpc) is 3.26. The molecule has 1 aromatic heterocycles. The van der Waals surface area contributed by atoms with Crippen LogP contribution in [0.4, 0.5) is 23.7 Å². The maximum Gasteiger partial charge on any atom is 0.412 e. The molecule has 1 N–H and O–H groups in total. The summed E-state index contributed by atoms with van der Waals surface area (Å²) in [6.45, 7) is 0.481. The van der Waals surface area contributed by atoms with Gasteiger partial charge in [-0.05, 0) is 42.7 Å². The van der Waals surface area contributed by atoms with Crippen molar-refractivity contribution < 1.29 is 27.5 Å². The van der Waals surface area contributed by atoms with Crippen molar-refractivity contribution >= 4 is 29.3 Å². The van der Waals surface area contributed by atoms with Gasteiger partial charge in [0.05, 0.1) is 34.6 Å². The summed E-state index contributed by atoms with van der Waals surface area (Å²) < 4.78 is 47.7. The predicted octanol–water partition coefficient (Wildman–Crippen LogP) is 5.16. The summed E-state index contributed by atoms with van der Waals surface area (Å²) in [5.41, 5.74) is 1.31. The second-order valence-electron chi connectivity index (χ2n) is 7.89. The Morgan fingerprint density at radius 3 is 2.79 bits per heavy atom. The molecule has 0 fully saturated rings. The highest BCUT2D eigenvalue weighted by molar-refractivity contribution is 6.31. The Morgan fingerprint density at radius 2 is 2.03 bits per heavy atom. The van der Waals surface area contributed by atoms with Crippen LogP contribution in [0.1, 0.15) is 40.4 Å². The largest absolute Gasteiger partial charge is 0.441 e. The molecule has 0 saturated carbocycles. The summed E-state index contributed by atoms with van der Waals surface area (Å²) in [6, 6.07) is 6.42. The summed E-state index contributed by atoms with van der Waals surface area (Å²) in [6.07, 6.45) is 2.10. The zero-order chi connectivity index (χ0) is 24.4. The second-order valence-corrected chi connectivity index (χ2v) is 8.29. The normalized spacial score (nSPS) is 14.9. The number of carbonyl (C=O) groups excluding carboxylic acids is 2. The van der Waals surface area contributed by atoms with Crippen LogP contribution < -0.4 is 5.32 Å². The highest BCUT2D eigenvalue weighted by Gasteiger charge is 2.30. The molecule has 3 aromatic rings. The van der Waals surface area contributed by atoms with E-state index in [0.29, 0.717) is 29.8 Å². The summed E-state index contributed by atoms with van der Waals surface area (Å²) >= 11 is 5.87. The second kappa shape index (κ2) is 9.76. The fourth-order valence-corrected chi connectivity index (χ4v) is 3.91. The number of aromatic nitrogens is 2. The fourth-order valence-electron chi connectivity index (χ4n) is 3.74. The van der Waals surface area contributed by atoms with Crippen LogP contribution in [0.15, 0.2) is 42.7 Å². The lowest BCUT2D eigenvalue weighted by Crippen LogP contribution is -2.29. The van der Waals surface area contributed by atoms with Crippen molar-refractivity contribution in [1.29, 1.82) is 0 Å². The Hall–Kier alpha value is -3.53. The van der Waals surface area contributed by atoms with E-state index < -0.39 is 29.6 Å². The minimum atomic E-state index is -0.954. The molecule has 0 aliphatic carbocycles. The van der Waals surface area contributed by atoms with Crippen LogP contribution in [-0.4, -0.2) is 40.3 Å². The van der Waals surface area contributed by atoms with Gasteiger partial charge in [0.25, 0.3) is 5.91 Å². The number of benzene rings is 2. The van der Waals surface area contributed by atoms with Crippen LogP contribution in [0, 0.1) is 17.5 Å². The number of fused-ring (bicyclic) bond motifs is 1. The first-order valence-corrected chi connectivity index (χ1v) is 10.8. The Labute approximate surface area is 198 Å². The maximum absolute atomic E-state index is 14.5. The molecule has 2 aromatic carbocycles. The lowest BCUT2D eigenvalue weighted by molar-refractivity contribution is 0.0759. The Kier molecular flexibility index (Phi) is 6.78. The molecule has 0 radical (unpaired) electrons. The average molecular weight is 493 g/mol. The van der Waals surface area contributed by atoms with Gasteiger partial charge < -0.3 is 9.64 Å². The van der Waals surface area contributed by atoms with E-state index in [-0.39, 0.29) is 29.5 Å². The number of cyclic esters (lactones) is 1. The number of halogens is 4. The van der Waals surface area contributed by atoms with Gasteiger partial charge in [0.1, 0.15) is 6.10 Å². The van der Waals surface area contributed by atoms with Gasteiger partial charge >= 0.3 is 6.09 Å². The van der Waals surface area contributed by atoms with Gasteiger partial charge in [-0.15, -0.1) is 0 Å². The molecule has 178 valence electrons. The van der Waals surface area contributed by atoms with Crippen molar-refractivity contribution in [1.82, 2.24) is 14.7 Å². The summed E-state index contributed by atoms with van der Waals surface area (Å²) in [7, 11) is 1.61. The molecule has 2 amide bonds. The number of hydrogen-bond acceptors (Lipinski definition) is 4. The molecule has 34 heavy (non-hydrogen) atoms. The highest BCUT2D eigenvalue weighted by atomic mass is 35.5. The van der Waals surface area contributed by atoms with E-state index >= 15 is 0 Å². The number of nitrogens with one attached hydrogen (secondary N) is 1. The molecular formula is C23H20ClF3N4O3. The third-order valence-electron chi connectivity index (χ3n) is 5.46. The van der Waals surface area contributed by atoms with Crippen LogP contribution in [0.5, 0.6) is 0 Å². The van der Waals surface area contributed by atoms with E-state index in [9.17, 15) is 22.8 Å². The van der Waals surface area contributed by atoms with Crippen LogP contribution >= 0.6 is 11.6 Å². The molecule has 0 saturated heterocycles. The zero-order valence-electron chi connectivity index (χ0n) is 18.0. The van der Waals surface area contributed by atoms with Crippen LogP contribution in [0.25, 0.3) is 0 Å². The SMILES string of the molecule is CN(CCCC1OC(=O)Nc2ccc(Cl)c(F)c21)C(=O)c1cnn(Cc2ccc(F)c(F)c2)c1. The Bertz CT molecular complexity index is 1250. The van der Waals surface area contributed by atoms with Gasteiger partial charge in [0, 0.05) is 19.8 Å². The predicted molar refractivity (Wildman–Crippen MR) is 118 cm³/mol. The van der Waals surface area contributed by atoms with Gasteiger partial charge in [0.2, 0.25) is 0 Å². The Morgan fingerprint density at radius 1 is 1.24 bits per heavy atom. The smallest absolute Gasteiger partial charge is 0.412 e. The van der Waals surface area contributed by atoms with E-state index in [1.807, 2.05) is 0 Å². The lowest BCUT2D eigenvalue weighted by Gasteiger charge is -2.27. The quantitative estimate of drug-likeness (QED) is 0.494. The number of anilines is 1. The third-order valence-corrected chi connectivity index (χ3v) is 5.75. The van der Waals surface area contributed by atoms with E-state index in [1.165, 1.54) is 40.2 Å². The maximum atomic E-state index is 14.5. The number of rotatable bonds is 7. The van der Waals surface area contributed by atoms with Crippen LogP contribution in [0.3, 0.4) is 0 Å². The van der Waals surface area contributed by atoms with E-state index in [0.717, 1.165) is 12.1 Å². The number of ether oxygens (including phenoxy) is 1. The van der Waals surface area contributed by atoms with Gasteiger partial charge in [-0.1, -0.05) is 17.7 Å². The molecule has 0 bridgehead atoms. The van der Waals surface area contributed by atoms with Gasteiger partial charge in [0.15, 0.2) is 17.5 Å². The number of carbonyl (C=O) groups is 2. The Balaban J connectivity index is 1.35. The van der Waals surface area contributed by atoms with Crippen molar-refractivity contribution in [3.63, 3.8) is 0 Å². The monoisotopic (exact) mass is 492 g/mol. The van der Waals surface area contributed by atoms with Crippen molar-refractivity contribution in [2.24, 2.45) is 0 Å². The number of nitrogens with zero attached hydrogens (tertiary/aromatic N) is 3. The molecule has 2 heterocycles. The first-order chi connectivity index (χ1) is 16.2. The molecule has 7 nitrogen and oxygen atoms in total. The highest BCUT2D eigenvalue weighted by Crippen LogP contribution is 2.38. The van der Waals surface area contributed by atoms with Crippen molar-refractivity contribution in [3.8, 4) is 0 Å². The summed E-state index contributed by atoms with van der Waals surface area (Å²) in [5, 5.41) is 6.48. The van der Waals surface area contributed by atoms with E-state index in [1.54, 1.807) is 7.05 Å². The lowest BCUT2D eigenvalue weighted by atomic mass is 10.0. The van der Waals surface area contributed by atoms with E-state index in [2.05, 4.69) is 10.4 Å². The molecule has 1 atom stereocenters. The summed E-state index contributed by atoms with van der Waals surface area (Å²) in [4.78, 5) is 26.0. The molecule has 4 rings (SSSR count). The molecule has 0 spiro atoms. The molecule has 1 aliphatic heterocycles. The topological polar surface area (TPSA) is 76.5 Å². The number of hydrogen-bond donors (Lipinski definition) is 1. The van der Waals surface area contributed by atoms with Gasteiger partial charge in [-0.3, -0.25) is 14.8 Å². The van der Waals surface area contributed by atoms with E-state index in [4.69, 9.17) is 16.3 Å². The summed E-state index contributed by atoms with van der Waals surface area (Å²) in [5.74, 6) is -2.84. The minimum Gasteiger partial charge on any atom is -0.441 e. The molecule has 11 heteroatoms. The first kappa shape index (κ1) is 23.6.